The summed E-state index contributed by atoms with van der Waals surface area (Å²) in [6.45, 7) is 0.394. The molecule has 0 saturated heterocycles. The highest BCUT2D eigenvalue weighted by atomic mass is 16.5. The molecule has 0 spiro atoms. The summed E-state index contributed by atoms with van der Waals surface area (Å²) in [5.74, 6) is 0.463. The van der Waals surface area contributed by atoms with Crippen LogP contribution in [0.4, 0.5) is 0 Å². The molecule has 4 rings (SSSR count). The monoisotopic (exact) mass is 456 g/mol. The fourth-order valence-corrected chi connectivity index (χ4v) is 3.35. The van der Waals surface area contributed by atoms with Gasteiger partial charge in [-0.25, -0.2) is 0 Å². The summed E-state index contributed by atoms with van der Waals surface area (Å²) in [6, 6.07) is 23.8. The van der Waals surface area contributed by atoms with Crippen molar-refractivity contribution in [2.75, 3.05) is 13.7 Å². The molecule has 0 saturated carbocycles. The van der Waals surface area contributed by atoms with Crippen molar-refractivity contribution in [1.29, 1.82) is 0 Å². The van der Waals surface area contributed by atoms with E-state index in [-0.39, 0.29) is 31.2 Å². The molecular formula is C26H24N4O4. The summed E-state index contributed by atoms with van der Waals surface area (Å²) in [4.78, 5) is 31.6. The number of hydrogen-bond donors (Lipinski definition) is 1. The number of carbonyl (C=O) groups is 2. The van der Waals surface area contributed by atoms with Crippen LogP contribution in [0.3, 0.4) is 0 Å². The van der Waals surface area contributed by atoms with E-state index in [1.54, 1.807) is 31.5 Å². The van der Waals surface area contributed by atoms with Crippen molar-refractivity contribution in [1.82, 2.24) is 20.4 Å². The van der Waals surface area contributed by atoms with Crippen LogP contribution in [0.2, 0.25) is 0 Å². The lowest BCUT2D eigenvalue weighted by atomic mass is 10.1. The van der Waals surface area contributed by atoms with Crippen molar-refractivity contribution in [2.24, 2.45) is 0 Å². The van der Waals surface area contributed by atoms with E-state index in [1.807, 2.05) is 60.7 Å². The summed E-state index contributed by atoms with van der Waals surface area (Å²) in [6.07, 6.45) is 1.66. The quantitative estimate of drug-likeness (QED) is 0.412. The summed E-state index contributed by atoms with van der Waals surface area (Å²) in [5, 5.41) is 6.77. The van der Waals surface area contributed by atoms with Crippen LogP contribution in [-0.4, -0.2) is 40.5 Å². The molecule has 0 atom stereocenters. The third-order valence-electron chi connectivity index (χ3n) is 5.13. The molecule has 2 amide bonds. The highest BCUT2D eigenvalue weighted by molar-refractivity contribution is 5.95. The van der Waals surface area contributed by atoms with Gasteiger partial charge in [0.05, 0.1) is 19.3 Å². The van der Waals surface area contributed by atoms with E-state index in [2.05, 4.69) is 15.5 Å². The van der Waals surface area contributed by atoms with Crippen LogP contribution in [0.5, 0.6) is 5.75 Å². The molecule has 0 aliphatic heterocycles. The second-order valence-corrected chi connectivity index (χ2v) is 7.55. The van der Waals surface area contributed by atoms with Gasteiger partial charge in [-0.2, -0.15) is 0 Å². The standard InChI is InChI=1S/C26H24N4O4/c1-33-22-12-10-20(11-13-22)24-15-23(29-34-24)26(32)30(17-19-7-3-2-4-8-19)18-25(31)28-16-21-9-5-6-14-27-21/h2-15H,16-18H2,1H3,(H,28,31). The number of methoxy groups -OCH3 is 1. The van der Waals surface area contributed by atoms with Crippen molar-refractivity contribution >= 4 is 11.8 Å². The van der Waals surface area contributed by atoms with Gasteiger partial charge in [-0.05, 0) is 42.0 Å². The third kappa shape index (κ3) is 5.86. The predicted octanol–water partition coefficient (Wildman–Crippen LogP) is 3.70. The Morgan fingerprint density at radius 1 is 1.00 bits per heavy atom. The van der Waals surface area contributed by atoms with E-state index in [4.69, 9.17) is 9.26 Å². The molecule has 0 radical (unpaired) electrons. The normalized spacial score (nSPS) is 10.5. The Labute approximate surface area is 197 Å². The highest BCUT2D eigenvalue weighted by Crippen LogP contribution is 2.24. The molecule has 2 heterocycles. The van der Waals surface area contributed by atoms with Crippen LogP contribution in [0, 0.1) is 0 Å². The first-order valence-electron chi connectivity index (χ1n) is 10.7. The van der Waals surface area contributed by atoms with Crippen molar-refractivity contribution in [2.45, 2.75) is 13.1 Å². The third-order valence-corrected chi connectivity index (χ3v) is 5.13. The van der Waals surface area contributed by atoms with E-state index in [1.165, 1.54) is 4.90 Å². The topological polar surface area (TPSA) is 97.6 Å². The van der Waals surface area contributed by atoms with E-state index in [0.29, 0.717) is 11.5 Å². The maximum absolute atomic E-state index is 13.3. The Kier molecular flexibility index (Phi) is 7.29. The Morgan fingerprint density at radius 3 is 2.47 bits per heavy atom. The van der Waals surface area contributed by atoms with Crippen molar-refractivity contribution < 1.29 is 18.8 Å². The second-order valence-electron chi connectivity index (χ2n) is 7.55. The Hall–Kier alpha value is -4.46. The fraction of sp³-hybridized carbons (Fsp3) is 0.154. The first-order valence-corrected chi connectivity index (χ1v) is 10.7. The van der Waals surface area contributed by atoms with Gasteiger partial charge >= 0.3 is 0 Å². The highest BCUT2D eigenvalue weighted by Gasteiger charge is 2.23. The van der Waals surface area contributed by atoms with E-state index in [0.717, 1.165) is 16.8 Å². The molecule has 0 fully saturated rings. The summed E-state index contributed by atoms with van der Waals surface area (Å²) in [7, 11) is 1.59. The lowest BCUT2D eigenvalue weighted by molar-refractivity contribution is -0.122. The Bertz CT molecular complexity index is 1220. The maximum atomic E-state index is 13.3. The van der Waals surface area contributed by atoms with Gasteiger partial charge in [0.2, 0.25) is 5.91 Å². The van der Waals surface area contributed by atoms with Gasteiger partial charge in [-0.3, -0.25) is 14.6 Å². The summed E-state index contributed by atoms with van der Waals surface area (Å²) in [5.41, 5.74) is 2.51. The van der Waals surface area contributed by atoms with Gasteiger partial charge in [-0.15, -0.1) is 0 Å². The minimum absolute atomic E-state index is 0.124. The number of hydrogen-bond acceptors (Lipinski definition) is 6. The number of aromatic nitrogens is 2. The molecule has 0 unspecified atom stereocenters. The number of ether oxygens (including phenoxy) is 1. The number of amides is 2. The molecule has 0 bridgehead atoms. The first kappa shape index (κ1) is 22.7. The minimum atomic E-state index is -0.402. The fourth-order valence-electron chi connectivity index (χ4n) is 3.35. The Morgan fingerprint density at radius 2 is 1.76 bits per heavy atom. The second kappa shape index (κ2) is 10.9. The minimum Gasteiger partial charge on any atom is -0.497 e. The number of nitrogens with one attached hydrogen (secondary N) is 1. The zero-order valence-corrected chi connectivity index (χ0v) is 18.7. The van der Waals surface area contributed by atoms with Gasteiger partial charge in [-0.1, -0.05) is 41.6 Å². The van der Waals surface area contributed by atoms with Crippen molar-refractivity contribution in [3.05, 3.63) is 102 Å². The average molecular weight is 457 g/mol. The number of carbonyl (C=O) groups excluding carboxylic acids is 2. The lowest BCUT2D eigenvalue weighted by Gasteiger charge is -2.21. The van der Waals surface area contributed by atoms with Crippen molar-refractivity contribution in [3.8, 4) is 17.1 Å². The van der Waals surface area contributed by atoms with Crippen molar-refractivity contribution in [3.63, 3.8) is 0 Å². The lowest BCUT2D eigenvalue weighted by Crippen LogP contribution is -2.40. The molecule has 2 aromatic heterocycles. The summed E-state index contributed by atoms with van der Waals surface area (Å²) >= 11 is 0. The van der Waals surface area contributed by atoms with Gasteiger partial charge in [0.15, 0.2) is 11.5 Å². The smallest absolute Gasteiger partial charge is 0.276 e. The summed E-state index contributed by atoms with van der Waals surface area (Å²) < 4.78 is 10.6. The van der Waals surface area contributed by atoms with Crippen LogP contribution in [0.15, 0.2) is 89.6 Å². The molecule has 1 N–H and O–H groups in total. The molecule has 8 heteroatoms. The van der Waals surface area contributed by atoms with Gasteiger partial charge < -0.3 is 19.5 Å². The van der Waals surface area contributed by atoms with E-state index >= 15 is 0 Å². The Balaban J connectivity index is 1.49. The van der Waals surface area contributed by atoms with Gasteiger partial charge in [0.1, 0.15) is 12.3 Å². The largest absolute Gasteiger partial charge is 0.497 e. The first-order chi connectivity index (χ1) is 16.6. The zero-order valence-electron chi connectivity index (χ0n) is 18.7. The molecule has 172 valence electrons. The predicted molar refractivity (Wildman–Crippen MR) is 126 cm³/mol. The number of nitrogens with zero attached hydrogens (tertiary/aromatic N) is 3. The van der Waals surface area contributed by atoms with Crippen LogP contribution in [0.1, 0.15) is 21.7 Å². The SMILES string of the molecule is COc1ccc(-c2cc(C(=O)N(CC(=O)NCc3ccccn3)Cc3ccccc3)no2)cc1. The average Bonchev–Trinajstić information content (AvgIpc) is 3.38. The van der Waals surface area contributed by atoms with Gasteiger partial charge in [0.25, 0.3) is 5.91 Å². The van der Waals surface area contributed by atoms with Crippen LogP contribution in [0.25, 0.3) is 11.3 Å². The number of pyridine rings is 1. The number of rotatable bonds is 9. The van der Waals surface area contributed by atoms with Crippen LogP contribution >= 0.6 is 0 Å². The van der Waals surface area contributed by atoms with E-state index in [9.17, 15) is 9.59 Å². The van der Waals surface area contributed by atoms with Crippen LogP contribution in [-0.2, 0) is 17.9 Å². The number of benzene rings is 2. The molecule has 8 nitrogen and oxygen atoms in total. The van der Waals surface area contributed by atoms with Crippen LogP contribution < -0.4 is 10.1 Å². The van der Waals surface area contributed by atoms with E-state index < -0.39 is 5.91 Å². The molecule has 2 aromatic carbocycles. The molecule has 0 aliphatic carbocycles. The molecular weight excluding hydrogens is 432 g/mol. The maximum Gasteiger partial charge on any atom is 0.276 e. The zero-order chi connectivity index (χ0) is 23.8. The molecule has 34 heavy (non-hydrogen) atoms. The molecule has 0 aliphatic rings. The van der Waals surface area contributed by atoms with Gasteiger partial charge in [0, 0.05) is 24.4 Å². The molecule has 4 aromatic rings.